The van der Waals surface area contributed by atoms with Crippen molar-refractivity contribution in [3.8, 4) is 5.75 Å². The highest BCUT2D eigenvalue weighted by Crippen LogP contribution is 2.14. The van der Waals surface area contributed by atoms with Crippen LogP contribution in [-0.2, 0) is 4.79 Å². The molecule has 3 aromatic rings. The number of non-ortho nitro benzene ring substituents is 1. The summed E-state index contributed by atoms with van der Waals surface area (Å²) in [6.07, 6.45) is 1.45. The van der Waals surface area contributed by atoms with Gasteiger partial charge < -0.3 is 10.1 Å². The molecule has 2 N–H and O–H groups in total. The molecule has 0 spiro atoms. The highest BCUT2D eigenvalue weighted by Gasteiger charge is 2.10. The Kier molecular flexibility index (Phi) is 7.85. The van der Waals surface area contributed by atoms with Gasteiger partial charge in [0, 0.05) is 17.7 Å². The normalized spacial score (nSPS) is 11.5. The van der Waals surface area contributed by atoms with Crippen LogP contribution in [-0.4, -0.2) is 29.6 Å². The van der Waals surface area contributed by atoms with Gasteiger partial charge in [0.2, 0.25) is 0 Å². The fourth-order valence-electron chi connectivity index (χ4n) is 2.87. The molecule has 168 valence electrons. The van der Waals surface area contributed by atoms with Crippen molar-refractivity contribution in [1.82, 2.24) is 10.7 Å². The summed E-state index contributed by atoms with van der Waals surface area (Å²) in [5.74, 6) is -0.202. The molecule has 0 heterocycles. The molecule has 0 saturated heterocycles. The van der Waals surface area contributed by atoms with Gasteiger partial charge in [-0.1, -0.05) is 30.3 Å². The van der Waals surface area contributed by atoms with E-state index in [2.05, 4.69) is 15.8 Å². The molecule has 1 atom stereocenters. The number of hydrogen-bond donors (Lipinski definition) is 2. The largest absolute Gasteiger partial charge is 0.484 e. The average molecular weight is 446 g/mol. The number of hydrogen-bond acceptors (Lipinski definition) is 6. The molecule has 0 aliphatic rings. The standard InChI is InChI=1S/C24H22N4O5/c1-17(19-5-3-2-4-6-19)26-23(29)16-33-22-13-7-18(8-14-22)15-25-27-24(30)20-9-11-21(12-10-20)28(31)32/h2-15,17H,16H2,1H3,(H,26,29)(H,27,30)/b25-15-/t17-/m0/s1. The van der Waals surface area contributed by atoms with Gasteiger partial charge in [-0.05, 0) is 54.4 Å². The highest BCUT2D eigenvalue weighted by atomic mass is 16.6. The Morgan fingerprint density at radius 1 is 1.03 bits per heavy atom. The first-order valence-corrected chi connectivity index (χ1v) is 10.1. The predicted molar refractivity (Wildman–Crippen MR) is 123 cm³/mol. The summed E-state index contributed by atoms with van der Waals surface area (Å²) in [6.45, 7) is 1.79. The summed E-state index contributed by atoms with van der Waals surface area (Å²) >= 11 is 0. The fourth-order valence-corrected chi connectivity index (χ4v) is 2.87. The number of nitrogens with one attached hydrogen (secondary N) is 2. The van der Waals surface area contributed by atoms with E-state index in [1.165, 1.54) is 30.5 Å². The predicted octanol–water partition coefficient (Wildman–Crippen LogP) is 3.61. The van der Waals surface area contributed by atoms with Gasteiger partial charge in [-0.15, -0.1) is 0 Å². The second-order valence-corrected chi connectivity index (χ2v) is 7.06. The smallest absolute Gasteiger partial charge is 0.271 e. The van der Waals surface area contributed by atoms with Crippen LogP contribution in [0.2, 0.25) is 0 Å². The van der Waals surface area contributed by atoms with Gasteiger partial charge in [-0.2, -0.15) is 5.10 Å². The zero-order chi connectivity index (χ0) is 23.6. The zero-order valence-electron chi connectivity index (χ0n) is 17.8. The van der Waals surface area contributed by atoms with E-state index in [0.717, 1.165) is 5.56 Å². The topological polar surface area (TPSA) is 123 Å². The lowest BCUT2D eigenvalue weighted by Gasteiger charge is -2.14. The van der Waals surface area contributed by atoms with Gasteiger partial charge in [0.25, 0.3) is 17.5 Å². The lowest BCUT2D eigenvalue weighted by Crippen LogP contribution is -2.31. The third-order valence-electron chi connectivity index (χ3n) is 4.65. The molecule has 0 aliphatic carbocycles. The van der Waals surface area contributed by atoms with E-state index in [1.807, 2.05) is 37.3 Å². The minimum Gasteiger partial charge on any atom is -0.484 e. The zero-order valence-corrected chi connectivity index (χ0v) is 17.8. The molecular weight excluding hydrogens is 424 g/mol. The molecule has 3 aromatic carbocycles. The van der Waals surface area contributed by atoms with Gasteiger partial charge in [0.1, 0.15) is 5.75 Å². The fraction of sp³-hybridized carbons (Fsp3) is 0.125. The molecular formula is C24H22N4O5. The number of ether oxygens (including phenoxy) is 1. The minimum atomic E-state index is -0.537. The summed E-state index contributed by atoms with van der Waals surface area (Å²) in [6, 6.07) is 21.5. The lowest BCUT2D eigenvalue weighted by molar-refractivity contribution is -0.384. The molecule has 0 aliphatic heterocycles. The van der Waals surface area contributed by atoms with E-state index in [0.29, 0.717) is 11.3 Å². The Bertz CT molecular complexity index is 1130. The van der Waals surface area contributed by atoms with Gasteiger partial charge in [-0.25, -0.2) is 5.43 Å². The van der Waals surface area contributed by atoms with E-state index in [1.54, 1.807) is 24.3 Å². The third-order valence-corrected chi connectivity index (χ3v) is 4.65. The first-order chi connectivity index (χ1) is 15.9. The van der Waals surface area contributed by atoms with E-state index in [9.17, 15) is 19.7 Å². The van der Waals surface area contributed by atoms with Gasteiger partial charge >= 0.3 is 0 Å². The molecule has 0 fully saturated rings. The Labute approximate surface area is 190 Å². The molecule has 0 saturated carbocycles. The van der Waals surface area contributed by atoms with Crippen LogP contribution in [0.4, 0.5) is 5.69 Å². The van der Waals surface area contributed by atoms with Crippen LogP contribution in [0.25, 0.3) is 0 Å². The number of hydrazone groups is 1. The number of carbonyl (C=O) groups excluding carboxylic acids is 2. The van der Waals surface area contributed by atoms with Crippen LogP contribution in [0.5, 0.6) is 5.75 Å². The summed E-state index contributed by atoms with van der Waals surface area (Å²) in [4.78, 5) is 34.3. The maximum atomic E-state index is 12.1. The molecule has 0 radical (unpaired) electrons. The first-order valence-electron chi connectivity index (χ1n) is 10.1. The van der Waals surface area contributed by atoms with Gasteiger partial charge in [0.15, 0.2) is 6.61 Å². The number of amides is 2. The number of nitro benzene ring substituents is 1. The molecule has 9 heteroatoms. The number of nitrogens with zero attached hydrogens (tertiary/aromatic N) is 2. The van der Waals surface area contributed by atoms with Crippen molar-refractivity contribution in [1.29, 1.82) is 0 Å². The molecule has 9 nitrogen and oxygen atoms in total. The maximum Gasteiger partial charge on any atom is 0.271 e. The van der Waals surface area contributed by atoms with Crippen LogP contribution in [0, 0.1) is 10.1 Å². The summed E-state index contributed by atoms with van der Waals surface area (Å²) in [5.41, 5.74) is 4.23. The van der Waals surface area contributed by atoms with Crippen molar-refractivity contribution in [3.63, 3.8) is 0 Å². The van der Waals surface area contributed by atoms with E-state index in [-0.39, 0.29) is 29.8 Å². The van der Waals surface area contributed by atoms with E-state index in [4.69, 9.17) is 4.74 Å². The summed E-state index contributed by atoms with van der Waals surface area (Å²) < 4.78 is 5.51. The second-order valence-electron chi connectivity index (χ2n) is 7.06. The SMILES string of the molecule is C[C@H](NC(=O)COc1ccc(/C=N\NC(=O)c2ccc([N+](=O)[O-])cc2)cc1)c1ccccc1. The van der Waals surface area contributed by atoms with Crippen molar-refractivity contribution in [2.75, 3.05) is 6.61 Å². The van der Waals surface area contributed by atoms with Crippen molar-refractivity contribution in [2.45, 2.75) is 13.0 Å². The van der Waals surface area contributed by atoms with Gasteiger partial charge in [-0.3, -0.25) is 19.7 Å². The van der Waals surface area contributed by atoms with Crippen molar-refractivity contribution in [2.24, 2.45) is 5.10 Å². The molecule has 2 amide bonds. The third kappa shape index (κ3) is 7.00. The monoisotopic (exact) mass is 446 g/mol. The number of benzene rings is 3. The minimum absolute atomic E-state index is 0.0967. The first kappa shape index (κ1) is 23.1. The number of carbonyl (C=O) groups is 2. The van der Waals surface area contributed by atoms with E-state index >= 15 is 0 Å². The van der Waals surface area contributed by atoms with Crippen molar-refractivity contribution < 1.29 is 19.2 Å². The van der Waals surface area contributed by atoms with Crippen LogP contribution in [0.1, 0.15) is 34.5 Å². The Balaban J connectivity index is 1.44. The molecule has 0 bridgehead atoms. The molecule has 33 heavy (non-hydrogen) atoms. The van der Waals surface area contributed by atoms with Crippen molar-refractivity contribution >= 4 is 23.7 Å². The Hall–Kier alpha value is -4.53. The quantitative estimate of drug-likeness (QED) is 0.295. The highest BCUT2D eigenvalue weighted by molar-refractivity contribution is 5.95. The molecule has 0 aromatic heterocycles. The summed E-state index contributed by atoms with van der Waals surface area (Å²) in [5, 5.41) is 17.4. The summed E-state index contributed by atoms with van der Waals surface area (Å²) in [7, 11) is 0. The average Bonchev–Trinajstić information content (AvgIpc) is 2.84. The Morgan fingerprint density at radius 3 is 2.33 bits per heavy atom. The number of nitro groups is 1. The van der Waals surface area contributed by atoms with Crippen LogP contribution in [0.3, 0.4) is 0 Å². The lowest BCUT2D eigenvalue weighted by atomic mass is 10.1. The second kappa shape index (κ2) is 11.2. The van der Waals surface area contributed by atoms with Crippen LogP contribution < -0.4 is 15.5 Å². The molecule has 3 rings (SSSR count). The Morgan fingerprint density at radius 2 is 1.70 bits per heavy atom. The van der Waals surface area contributed by atoms with Crippen LogP contribution >= 0.6 is 0 Å². The molecule has 0 unspecified atom stereocenters. The van der Waals surface area contributed by atoms with Gasteiger partial charge in [0.05, 0.1) is 17.2 Å². The number of rotatable bonds is 9. The van der Waals surface area contributed by atoms with Crippen molar-refractivity contribution in [3.05, 3.63) is 106 Å². The maximum absolute atomic E-state index is 12.1. The van der Waals surface area contributed by atoms with Crippen LogP contribution in [0.15, 0.2) is 84.0 Å². The van der Waals surface area contributed by atoms with E-state index < -0.39 is 10.8 Å².